The monoisotopic (exact) mass is 251 g/mol. The van der Waals surface area contributed by atoms with Gasteiger partial charge in [-0.25, -0.2) is 0 Å². The van der Waals surface area contributed by atoms with Crippen LogP contribution in [-0.4, -0.2) is 11.8 Å². The van der Waals surface area contributed by atoms with Crippen molar-refractivity contribution < 1.29 is 9.59 Å². The van der Waals surface area contributed by atoms with E-state index < -0.39 is 0 Å². The van der Waals surface area contributed by atoms with E-state index in [-0.39, 0.29) is 23.1 Å². The highest BCUT2D eigenvalue weighted by Crippen LogP contribution is 2.51. The van der Waals surface area contributed by atoms with Crippen molar-refractivity contribution in [1.82, 2.24) is 5.32 Å². The summed E-state index contributed by atoms with van der Waals surface area (Å²) in [5.74, 6) is 1.27. The van der Waals surface area contributed by atoms with Gasteiger partial charge in [-0.05, 0) is 36.5 Å². The fraction of sp³-hybridized carbons (Fsp3) is 0.867. The molecule has 1 saturated heterocycles. The summed E-state index contributed by atoms with van der Waals surface area (Å²) in [5, 5.41) is 2.52. The second-order valence-corrected chi connectivity index (χ2v) is 6.51. The molecule has 1 aliphatic carbocycles. The van der Waals surface area contributed by atoms with Crippen LogP contribution in [0.1, 0.15) is 59.3 Å². The van der Waals surface area contributed by atoms with Gasteiger partial charge in [-0.2, -0.15) is 0 Å². The maximum atomic E-state index is 12.1. The standard InChI is InChI=1S/C15H25NO2/c1-4-12-14(18)16-13(17)9-15(12)7-5-6-11(8-15)10(2)3/h10-12H,4-9H2,1-3H3,(H,16,17,18). The summed E-state index contributed by atoms with van der Waals surface area (Å²) < 4.78 is 0. The van der Waals surface area contributed by atoms with Crippen LogP contribution in [0.4, 0.5) is 0 Å². The van der Waals surface area contributed by atoms with Crippen LogP contribution < -0.4 is 5.32 Å². The first-order valence-electron chi connectivity index (χ1n) is 7.32. The molecule has 1 saturated carbocycles. The molecule has 18 heavy (non-hydrogen) atoms. The van der Waals surface area contributed by atoms with Gasteiger partial charge in [0.15, 0.2) is 0 Å². The van der Waals surface area contributed by atoms with Crippen molar-refractivity contribution >= 4 is 11.8 Å². The van der Waals surface area contributed by atoms with Gasteiger partial charge in [0, 0.05) is 12.3 Å². The third-order valence-electron chi connectivity index (χ3n) is 5.10. The van der Waals surface area contributed by atoms with Gasteiger partial charge < -0.3 is 0 Å². The first-order chi connectivity index (χ1) is 8.48. The van der Waals surface area contributed by atoms with Gasteiger partial charge in [0.25, 0.3) is 0 Å². The lowest BCUT2D eigenvalue weighted by Crippen LogP contribution is -2.53. The van der Waals surface area contributed by atoms with E-state index in [0.29, 0.717) is 18.3 Å². The van der Waals surface area contributed by atoms with E-state index >= 15 is 0 Å². The van der Waals surface area contributed by atoms with Gasteiger partial charge >= 0.3 is 0 Å². The highest BCUT2D eigenvalue weighted by molar-refractivity contribution is 5.99. The molecule has 0 aromatic rings. The molecule has 1 N–H and O–H groups in total. The predicted molar refractivity (Wildman–Crippen MR) is 70.8 cm³/mol. The fourth-order valence-electron chi connectivity index (χ4n) is 4.10. The number of nitrogens with one attached hydrogen (secondary N) is 1. The van der Waals surface area contributed by atoms with Crippen LogP contribution in [0.15, 0.2) is 0 Å². The van der Waals surface area contributed by atoms with Crippen molar-refractivity contribution in [3.05, 3.63) is 0 Å². The van der Waals surface area contributed by atoms with E-state index in [0.717, 1.165) is 19.3 Å². The Labute approximate surface area is 110 Å². The van der Waals surface area contributed by atoms with Crippen molar-refractivity contribution in [3.8, 4) is 0 Å². The van der Waals surface area contributed by atoms with E-state index in [2.05, 4.69) is 26.1 Å². The van der Waals surface area contributed by atoms with Crippen molar-refractivity contribution in [2.45, 2.75) is 59.3 Å². The van der Waals surface area contributed by atoms with Crippen molar-refractivity contribution in [1.29, 1.82) is 0 Å². The average Bonchev–Trinajstić information content (AvgIpc) is 2.28. The quantitative estimate of drug-likeness (QED) is 0.767. The largest absolute Gasteiger partial charge is 0.296 e. The molecule has 0 aromatic heterocycles. The summed E-state index contributed by atoms with van der Waals surface area (Å²) in [4.78, 5) is 23.8. The molecule has 0 radical (unpaired) electrons. The highest BCUT2D eigenvalue weighted by Gasteiger charge is 2.49. The lowest BCUT2D eigenvalue weighted by Gasteiger charge is -2.48. The van der Waals surface area contributed by atoms with Crippen LogP contribution in [0.2, 0.25) is 0 Å². The minimum absolute atomic E-state index is 0.0295. The van der Waals surface area contributed by atoms with Crippen LogP contribution in [-0.2, 0) is 9.59 Å². The van der Waals surface area contributed by atoms with Crippen LogP contribution in [0.5, 0.6) is 0 Å². The summed E-state index contributed by atoms with van der Waals surface area (Å²) >= 11 is 0. The molecule has 3 atom stereocenters. The normalized spacial score (nSPS) is 37.1. The zero-order chi connectivity index (χ0) is 13.3. The average molecular weight is 251 g/mol. The van der Waals surface area contributed by atoms with E-state index in [9.17, 15) is 9.59 Å². The predicted octanol–water partition coefficient (Wildman–Crippen LogP) is 2.89. The number of hydrogen-bond donors (Lipinski definition) is 1. The van der Waals surface area contributed by atoms with E-state index in [4.69, 9.17) is 0 Å². The van der Waals surface area contributed by atoms with Crippen molar-refractivity contribution in [3.63, 3.8) is 0 Å². The van der Waals surface area contributed by atoms with Gasteiger partial charge in [0.2, 0.25) is 11.8 Å². The summed E-state index contributed by atoms with van der Waals surface area (Å²) in [7, 11) is 0. The maximum Gasteiger partial charge on any atom is 0.230 e. The Bertz CT molecular complexity index is 350. The summed E-state index contributed by atoms with van der Waals surface area (Å²) in [6.07, 6.45) is 5.94. The summed E-state index contributed by atoms with van der Waals surface area (Å²) in [6, 6.07) is 0. The van der Waals surface area contributed by atoms with Crippen LogP contribution >= 0.6 is 0 Å². The second kappa shape index (κ2) is 5.02. The minimum atomic E-state index is -0.0610. The number of amides is 2. The van der Waals surface area contributed by atoms with Crippen LogP contribution in [0.25, 0.3) is 0 Å². The molecule has 3 heteroatoms. The Hall–Kier alpha value is -0.860. The Morgan fingerprint density at radius 3 is 2.72 bits per heavy atom. The van der Waals surface area contributed by atoms with Crippen LogP contribution in [0, 0.1) is 23.2 Å². The molecular weight excluding hydrogens is 226 g/mol. The smallest absolute Gasteiger partial charge is 0.230 e. The minimum Gasteiger partial charge on any atom is -0.296 e. The molecule has 1 spiro atoms. The molecule has 0 bridgehead atoms. The van der Waals surface area contributed by atoms with E-state index in [1.165, 1.54) is 12.8 Å². The fourth-order valence-corrected chi connectivity index (χ4v) is 4.10. The molecule has 0 aromatic carbocycles. The number of imide groups is 1. The molecule has 2 rings (SSSR count). The molecule has 3 nitrogen and oxygen atoms in total. The first-order valence-corrected chi connectivity index (χ1v) is 7.32. The Kier molecular flexibility index (Phi) is 3.79. The Balaban J connectivity index is 2.25. The van der Waals surface area contributed by atoms with Gasteiger partial charge in [0.1, 0.15) is 0 Å². The van der Waals surface area contributed by atoms with Crippen molar-refractivity contribution in [2.75, 3.05) is 0 Å². The molecular formula is C15H25NO2. The number of carbonyl (C=O) groups is 2. The van der Waals surface area contributed by atoms with Gasteiger partial charge in [-0.3, -0.25) is 14.9 Å². The molecule has 1 aliphatic heterocycles. The zero-order valence-corrected chi connectivity index (χ0v) is 11.8. The van der Waals surface area contributed by atoms with E-state index in [1.807, 2.05) is 0 Å². The number of piperidine rings is 1. The topological polar surface area (TPSA) is 46.2 Å². The Morgan fingerprint density at radius 2 is 2.11 bits per heavy atom. The summed E-state index contributed by atoms with van der Waals surface area (Å²) in [6.45, 7) is 6.59. The van der Waals surface area contributed by atoms with Crippen molar-refractivity contribution in [2.24, 2.45) is 23.2 Å². The van der Waals surface area contributed by atoms with Gasteiger partial charge in [0.05, 0.1) is 0 Å². The third-order valence-corrected chi connectivity index (χ3v) is 5.10. The van der Waals surface area contributed by atoms with Gasteiger partial charge in [-0.15, -0.1) is 0 Å². The molecule has 2 aliphatic rings. The second-order valence-electron chi connectivity index (χ2n) is 6.51. The van der Waals surface area contributed by atoms with Gasteiger partial charge in [-0.1, -0.05) is 33.6 Å². The summed E-state index contributed by atoms with van der Waals surface area (Å²) in [5.41, 5.74) is -0.0403. The van der Waals surface area contributed by atoms with E-state index in [1.54, 1.807) is 0 Å². The number of rotatable bonds is 2. The Morgan fingerprint density at radius 1 is 1.39 bits per heavy atom. The SMILES string of the molecule is CCC1C(=O)NC(=O)CC12CCCC(C(C)C)C2. The lowest BCUT2D eigenvalue weighted by molar-refractivity contribution is -0.147. The molecule has 1 heterocycles. The molecule has 2 fully saturated rings. The molecule has 102 valence electrons. The molecule has 3 unspecified atom stereocenters. The first kappa shape index (κ1) is 13.6. The third kappa shape index (κ3) is 2.32. The number of hydrogen-bond acceptors (Lipinski definition) is 2. The zero-order valence-electron chi connectivity index (χ0n) is 11.8. The highest BCUT2D eigenvalue weighted by atomic mass is 16.2. The lowest BCUT2D eigenvalue weighted by atomic mass is 9.57. The molecule has 2 amide bonds. The number of carbonyl (C=O) groups excluding carboxylic acids is 2. The van der Waals surface area contributed by atoms with Crippen LogP contribution in [0.3, 0.4) is 0 Å². The maximum absolute atomic E-state index is 12.1.